The van der Waals surface area contributed by atoms with E-state index in [9.17, 15) is 4.79 Å². The van der Waals surface area contributed by atoms with E-state index in [0.29, 0.717) is 37.2 Å². The Bertz CT molecular complexity index is 1040. The van der Waals surface area contributed by atoms with Gasteiger partial charge in [-0.2, -0.15) is 4.98 Å². The van der Waals surface area contributed by atoms with Gasteiger partial charge in [-0.25, -0.2) is 0 Å². The van der Waals surface area contributed by atoms with Crippen molar-refractivity contribution in [3.05, 3.63) is 59.5 Å². The predicted octanol–water partition coefficient (Wildman–Crippen LogP) is 3.34. The number of hydrogen-bond donors (Lipinski definition) is 0. The summed E-state index contributed by atoms with van der Waals surface area (Å²) in [5.41, 5.74) is 2.78. The van der Waals surface area contributed by atoms with Crippen LogP contribution in [0.1, 0.15) is 23.1 Å². The second-order valence-corrected chi connectivity index (χ2v) is 7.40. The van der Waals surface area contributed by atoms with Crippen LogP contribution in [-0.2, 0) is 9.53 Å². The number of ether oxygens (including phenoxy) is 3. The van der Waals surface area contributed by atoms with Gasteiger partial charge in [-0.3, -0.25) is 4.79 Å². The van der Waals surface area contributed by atoms with Crippen LogP contribution in [0.3, 0.4) is 0 Å². The minimum atomic E-state index is -0.482. The summed E-state index contributed by atoms with van der Waals surface area (Å²) in [6, 6.07) is 13.3. The summed E-state index contributed by atoms with van der Waals surface area (Å²) in [5.74, 6) is 2.13. The third-order valence-corrected chi connectivity index (χ3v) is 5.21. The highest BCUT2D eigenvalue weighted by Gasteiger charge is 2.30. The highest BCUT2D eigenvalue weighted by atomic mass is 16.5. The monoisotopic (exact) mass is 423 g/mol. The molecule has 1 saturated heterocycles. The lowest BCUT2D eigenvalue weighted by Crippen LogP contribution is -2.44. The van der Waals surface area contributed by atoms with Crippen molar-refractivity contribution < 1.29 is 23.5 Å². The first-order valence-corrected chi connectivity index (χ1v) is 10.1. The molecule has 0 radical (unpaired) electrons. The fraction of sp³-hybridized carbons (Fsp3) is 0.348. The lowest BCUT2D eigenvalue weighted by Gasteiger charge is -2.31. The van der Waals surface area contributed by atoms with Crippen molar-refractivity contribution in [3.63, 3.8) is 0 Å². The first-order chi connectivity index (χ1) is 15.0. The first kappa shape index (κ1) is 20.9. The molecule has 162 valence electrons. The third kappa shape index (κ3) is 4.69. The molecule has 1 aliphatic heterocycles. The van der Waals surface area contributed by atoms with Crippen molar-refractivity contribution in [1.29, 1.82) is 0 Å². The molecular weight excluding hydrogens is 398 g/mol. The topological polar surface area (TPSA) is 86.9 Å². The molecule has 1 fully saturated rings. The van der Waals surface area contributed by atoms with Gasteiger partial charge in [0.1, 0.15) is 11.5 Å². The largest absolute Gasteiger partial charge is 0.497 e. The van der Waals surface area contributed by atoms with Gasteiger partial charge in [-0.1, -0.05) is 35.5 Å². The van der Waals surface area contributed by atoms with E-state index in [1.165, 1.54) is 0 Å². The number of rotatable bonds is 6. The molecule has 0 aliphatic carbocycles. The van der Waals surface area contributed by atoms with Gasteiger partial charge in [0.05, 0.1) is 20.3 Å². The van der Waals surface area contributed by atoms with E-state index < -0.39 is 6.10 Å². The van der Waals surface area contributed by atoms with Crippen molar-refractivity contribution >= 4 is 5.91 Å². The van der Waals surface area contributed by atoms with E-state index >= 15 is 0 Å². The molecule has 3 aromatic rings. The minimum Gasteiger partial charge on any atom is -0.497 e. The Hall–Kier alpha value is -3.39. The summed E-state index contributed by atoms with van der Waals surface area (Å²) >= 11 is 0. The number of benzene rings is 2. The summed E-state index contributed by atoms with van der Waals surface area (Å²) in [6.07, 6.45) is -0.482. The van der Waals surface area contributed by atoms with E-state index in [-0.39, 0.29) is 12.5 Å². The number of morpholine rings is 1. The molecule has 1 aliphatic rings. The Morgan fingerprint density at radius 3 is 2.74 bits per heavy atom. The van der Waals surface area contributed by atoms with Crippen LogP contribution in [0.25, 0.3) is 11.4 Å². The second kappa shape index (κ2) is 9.18. The molecule has 31 heavy (non-hydrogen) atoms. The molecule has 0 N–H and O–H groups in total. The first-order valence-electron chi connectivity index (χ1n) is 10.1. The van der Waals surface area contributed by atoms with Gasteiger partial charge in [0.25, 0.3) is 11.8 Å². The number of nitrogens with zero attached hydrogens (tertiary/aromatic N) is 3. The third-order valence-electron chi connectivity index (χ3n) is 5.21. The van der Waals surface area contributed by atoms with Crippen LogP contribution in [0.5, 0.6) is 11.5 Å². The number of hydrogen-bond acceptors (Lipinski definition) is 7. The SMILES string of the molecule is COc1cccc(-c2noc(C3CN(C(=O)COc4c(C)cccc4C)CCO3)n2)c1. The van der Waals surface area contributed by atoms with Crippen molar-refractivity contribution in [2.24, 2.45) is 0 Å². The maximum atomic E-state index is 12.7. The molecule has 1 unspecified atom stereocenters. The summed E-state index contributed by atoms with van der Waals surface area (Å²) in [6.45, 7) is 5.10. The normalized spacial score (nSPS) is 16.2. The minimum absolute atomic E-state index is 0.0304. The zero-order chi connectivity index (χ0) is 21.8. The van der Waals surface area contributed by atoms with Crippen LogP contribution in [0.2, 0.25) is 0 Å². The van der Waals surface area contributed by atoms with Gasteiger partial charge < -0.3 is 23.6 Å². The van der Waals surface area contributed by atoms with Crippen molar-refractivity contribution in [2.75, 3.05) is 33.4 Å². The number of aromatic nitrogens is 2. The molecule has 0 spiro atoms. The van der Waals surface area contributed by atoms with Crippen LogP contribution in [0, 0.1) is 13.8 Å². The van der Waals surface area contributed by atoms with E-state index in [0.717, 1.165) is 22.4 Å². The average molecular weight is 423 g/mol. The molecule has 1 amide bonds. The van der Waals surface area contributed by atoms with Crippen LogP contribution in [0.15, 0.2) is 47.0 Å². The number of para-hydroxylation sites is 1. The fourth-order valence-corrected chi connectivity index (χ4v) is 3.52. The van der Waals surface area contributed by atoms with E-state index in [4.69, 9.17) is 18.7 Å². The van der Waals surface area contributed by atoms with Gasteiger partial charge in [0.15, 0.2) is 12.7 Å². The quantitative estimate of drug-likeness (QED) is 0.601. The summed E-state index contributed by atoms with van der Waals surface area (Å²) < 4.78 is 22.3. The lowest BCUT2D eigenvalue weighted by atomic mass is 10.1. The fourth-order valence-electron chi connectivity index (χ4n) is 3.52. The van der Waals surface area contributed by atoms with E-state index in [1.54, 1.807) is 12.0 Å². The molecule has 8 nitrogen and oxygen atoms in total. The Morgan fingerprint density at radius 2 is 1.97 bits per heavy atom. The van der Waals surface area contributed by atoms with E-state index in [1.807, 2.05) is 56.3 Å². The van der Waals surface area contributed by atoms with Gasteiger partial charge in [0.2, 0.25) is 5.82 Å². The number of aryl methyl sites for hydroxylation is 2. The maximum absolute atomic E-state index is 12.7. The number of carbonyl (C=O) groups is 1. The van der Waals surface area contributed by atoms with Crippen LogP contribution in [-0.4, -0.2) is 54.4 Å². The molecule has 1 atom stereocenters. The van der Waals surface area contributed by atoms with Crippen LogP contribution in [0.4, 0.5) is 0 Å². The van der Waals surface area contributed by atoms with Gasteiger partial charge >= 0.3 is 0 Å². The molecule has 8 heteroatoms. The number of methoxy groups -OCH3 is 1. The average Bonchev–Trinajstić information content (AvgIpc) is 3.29. The van der Waals surface area contributed by atoms with Crippen molar-refractivity contribution in [2.45, 2.75) is 20.0 Å². The molecule has 1 aromatic heterocycles. The van der Waals surface area contributed by atoms with Crippen molar-refractivity contribution in [3.8, 4) is 22.9 Å². The molecule has 2 aromatic carbocycles. The molecular formula is C23H25N3O5. The molecule has 0 bridgehead atoms. The maximum Gasteiger partial charge on any atom is 0.260 e. The lowest BCUT2D eigenvalue weighted by molar-refractivity contribution is -0.142. The summed E-state index contributed by atoms with van der Waals surface area (Å²) in [5, 5.41) is 4.05. The van der Waals surface area contributed by atoms with Crippen molar-refractivity contribution in [1.82, 2.24) is 15.0 Å². The smallest absolute Gasteiger partial charge is 0.260 e. The van der Waals surface area contributed by atoms with Crippen LogP contribution < -0.4 is 9.47 Å². The Morgan fingerprint density at radius 1 is 1.19 bits per heavy atom. The Labute approximate surface area is 180 Å². The Kier molecular flexibility index (Phi) is 6.18. The second-order valence-electron chi connectivity index (χ2n) is 7.40. The van der Waals surface area contributed by atoms with Crippen LogP contribution >= 0.6 is 0 Å². The summed E-state index contributed by atoms with van der Waals surface area (Å²) in [4.78, 5) is 18.9. The molecule has 4 rings (SSSR count). The zero-order valence-corrected chi connectivity index (χ0v) is 17.8. The van der Waals surface area contributed by atoms with Gasteiger partial charge in [-0.15, -0.1) is 0 Å². The molecule has 2 heterocycles. The van der Waals surface area contributed by atoms with Gasteiger partial charge in [0, 0.05) is 12.1 Å². The highest BCUT2D eigenvalue weighted by Crippen LogP contribution is 2.26. The highest BCUT2D eigenvalue weighted by molar-refractivity contribution is 5.78. The predicted molar refractivity (Wildman–Crippen MR) is 113 cm³/mol. The summed E-state index contributed by atoms with van der Waals surface area (Å²) in [7, 11) is 1.60. The number of amides is 1. The van der Waals surface area contributed by atoms with E-state index in [2.05, 4.69) is 10.1 Å². The number of carbonyl (C=O) groups excluding carboxylic acids is 1. The Balaban J connectivity index is 1.40. The standard InChI is InChI=1S/C23H25N3O5/c1-15-6-4-7-16(2)21(15)30-14-20(27)26-10-11-29-19(13-26)23-24-22(25-31-23)17-8-5-9-18(12-17)28-3/h4-9,12,19H,10-11,13-14H2,1-3H3. The van der Waals surface area contributed by atoms with Gasteiger partial charge in [-0.05, 0) is 37.1 Å². The molecule has 0 saturated carbocycles. The zero-order valence-electron chi connectivity index (χ0n) is 17.8.